The second kappa shape index (κ2) is 6.45. The van der Waals surface area contributed by atoms with Gasteiger partial charge in [0, 0.05) is 0 Å². The van der Waals surface area contributed by atoms with Crippen LogP contribution in [0.2, 0.25) is 0 Å². The maximum atomic E-state index is 12.6. The maximum Gasteiger partial charge on any atom is 0.427 e. The van der Waals surface area contributed by atoms with Gasteiger partial charge in [-0.1, -0.05) is 19.3 Å². The molecule has 1 aliphatic rings. The van der Waals surface area contributed by atoms with Crippen LogP contribution in [0.15, 0.2) is 0 Å². The van der Waals surface area contributed by atoms with E-state index in [2.05, 4.69) is 10.1 Å². The number of aldehydes is 1. The first-order chi connectivity index (χ1) is 9.17. The lowest BCUT2D eigenvalue weighted by atomic mass is 9.84. The molecule has 1 unspecified atom stereocenters. The van der Waals surface area contributed by atoms with E-state index in [1.807, 2.05) is 0 Å². The summed E-state index contributed by atoms with van der Waals surface area (Å²) >= 11 is 0. The molecule has 1 saturated carbocycles. The maximum absolute atomic E-state index is 12.6. The van der Waals surface area contributed by atoms with Crippen LogP contribution in [0.4, 0.5) is 18.0 Å². The molecule has 1 amide bonds. The van der Waals surface area contributed by atoms with E-state index in [0.717, 1.165) is 46.0 Å². The van der Waals surface area contributed by atoms with Crippen molar-refractivity contribution in [3.63, 3.8) is 0 Å². The van der Waals surface area contributed by atoms with Gasteiger partial charge in [0.2, 0.25) is 5.60 Å². The fourth-order valence-electron chi connectivity index (χ4n) is 2.21. The Morgan fingerprint density at radius 3 is 2.25 bits per heavy atom. The summed E-state index contributed by atoms with van der Waals surface area (Å²) in [4.78, 5) is 22.5. The first kappa shape index (κ1) is 16.8. The van der Waals surface area contributed by atoms with Crippen LogP contribution >= 0.6 is 0 Å². The lowest BCUT2D eigenvalue weighted by Gasteiger charge is -2.30. The molecule has 0 spiro atoms. The SMILES string of the molecule is CC(C)(OC(=O)NC(C=O)C1CCCCC1)C(F)(F)F. The van der Waals surface area contributed by atoms with Crippen molar-refractivity contribution in [3.05, 3.63) is 0 Å². The third-order valence-corrected chi connectivity index (χ3v) is 3.62. The number of amides is 1. The average molecular weight is 295 g/mol. The van der Waals surface area contributed by atoms with Gasteiger partial charge in [-0.05, 0) is 32.6 Å². The van der Waals surface area contributed by atoms with Crippen LogP contribution in [0.1, 0.15) is 46.0 Å². The molecule has 0 radical (unpaired) electrons. The predicted molar refractivity (Wildman–Crippen MR) is 66.2 cm³/mol. The van der Waals surface area contributed by atoms with Gasteiger partial charge in [-0.25, -0.2) is 4.79 Å². The Kier molecular flexibility index (Phi) is 5.42. The summed E-state index contributed by atoms with van der Waals surface area (Å²) in [6, 6.07) is -0.785. The molecule has 1 atom stereocenters. The summed E-state index contributed by atoms with van der Waals surface area (Å²) in [6.07, 6.45) is -0.745. The van der Waals surface area contributed by atoms with E-state index in [0.29, 0.717) is 6.29 Å². The van der Waals surface area contributed by atoms with Crippen molar-refractivity contribution < 1.29 is 27.5 Å². The highest BCUT2D eigenvalue weighted by atomic mass is 19.4. The number of halogens is 3. The molecule has 1 rings (SSSR count). The number of alkyl carbamates (subject to hydrolysis) is 1. The second-order valence-electron chi connectivity index (χ2n) is 5.60. The zero-order valence-electron chi connectivity index (χ0n) is 11.6. The number of hydrogen-bond donors (Lipinski definition) is 1. The van der Waals surface area contributed by atoms with Crippen molar-refractivity contribution in [2.75, 3.05) is 0 Å². The largest absolute Gasteiger partial charge is 0.434 e. The van der Waals surface area contributed by atoms with Crippen LogP contribution in [0, 0.1) is 5.92 Å². The summed E-state index contributed by atoms with van der Waals surface area (Å²) in [5, 5.41) is 2.24. The Bertz CT molecular complexity index is 349. The van der Waals surface area contributed by atoms with Gasteiger partial charge in [-0.2, -0.15) is 13.2 Å². The molecule has 0 saturated heterocycles. The van der Waals surface area contributed by atoms with Crippen LogP contribution in [0.3, 0.4) is 0 Å². The zero-order chi connectivity index (χ0) is 15.4. The van der Waals surface area contributed by atoms with E-state index in [1.54, 1.807) is 0 Å². The summed E-state index contributed by atoms with van der Waals surface area (Å²) in [5.41, 5.74) is -2.59. The van der Waals surface area contributed by atoms with Crippen LogP contribution in [0.5, 0.6) is 0 Å². The molecule has 0 bridgehead atoms. The molecule has 0 heterocycles. The first-order valence-electron chi connectivity index (χ1n) is 6.69. The summed E-state index contributed by atoms with van der Waals surface area (Å²) < 4.78 is 42.2. The van der Waals surface area contributed by atoms with Gasteiger partial charge in [0.05, 0.1) is 6.04 Å². The molecule has 1 aliphatic carbocycles. The van der Waals surface area contributed by atoms with Crippen molar-refractivity contribution in [2.24, 2.45) is 5.92 Å². The summed E-state index contributed by atoms with van der Waals surface area (Å²) in [5.74, 6) is -0.0252. The van der Waals surface area contributed by atoms with E-state index < -0.39 is 23.9 Å². The van der Waals surface area contributed by atoms with Gasteiger partial charge in [0.15, 0.2) is 0 Å². The number of nitrogens with one attached hydrogen (secondary N) is 1. The minimum Gasteiger partial charge on any atom is -0.434 e. The number of alkyl halides is 3. The van der Waals surface area contributed by atoms with Gasteiger partial charge in [0.25, 0.3) is 0 Å². The fourth-order valence-corrected chi connectivity index (χ4v) is 2.21. The van der Waals surface area contributed by atoms with Gasteiger partial charge < -0.3 is 14.8 Å². The normalized spacial score (nSPS) is 19.2. The highest BCUT2D eigenvalue weighted by Gasteiger charge is 2.51. The third-order valence-electron chi connectivity index (χ3n) is 3.62. The molecule has 0 aliphatic heterocycles. The molecule has 1 N–H and O–H groups in total. The fraction of sp³-hybridized carbons (Fsp3) is 0.846. The monoisotopic (exact) mass is 295 g/mol. The number of hydrogen-bond acceptors (Lipinski definition) is 3. The lowest BCUT2D eigenvalue weighted by Crippen LogP contribution is -2.49. The van der Waals surface area contributed by atoms with E-state index >= 15 is 0 Å². The predicted octanol–water partition coefficient (Wildman–Crippen LogP) is 3.20. The molecule has 7 heteroatoms. The highest BCUT2D eigenvalue weighted by Crippen LogP contribution is 2.33. The van der Waals surface area contributed by atoms with E-state index in [1.165, 1.54) is 0 Å². The smallest absolute Gasteiger partial charge is 0.427 e. The van der Waals surface area contributed by atoms with Crippen LogP contribution < -0.4 is 5.32 Å². The van der Waals surface area contributed by atoms with Gasteiger partial charge in [-0.3, -0.25) is 0 Å². The molecule has 0 aromatic heterocycles. The summed E-state index contributed by atoms with van der Waals surface area (Å²) in [7, 11) is 0. The van der Waals surface area contributed by atoms with Crippen molar-refractivity contribution in [2.45, 2.75) is 63.8 Å². The summed E-state index contributed by atoms with van der Waals surface area (Å²) in [6.45, 7) is 1.53. The molecule has 1 fully saturated rings. The molecule has 116 valence electrons. The van der Waals surface area contributed by atoms with Crippen molar-refractivity contribution >= 4 is 12.4 Å². The quantitative estimate of drug-likeness (QED) is 0.810. The van der Waals surface area contributed by atoms with E-state index in [4.69, 9.17) is 0 Å². The Hall–Kier alpha value is -1.27. The first-order valence-corrected chi connectivity index (χ1v) is 6.69. The Morgan fingerprint density at radius 1 is 1.25 bits per heavy atom. The minimum atomic E-state index is -4.66. The zero-order valence-corrected chi connectivity index (χ0v) is 11.6. The number of carbonyl (C=O) groups is 2. The molecular formula is C13H20F3NO3. The van der Waals surface area contributed by atoms with Gasteiger partial charge in [-0.15, -0.1) is 0 Å². The van der Waals surface area contributed by atoms with Crippen LogP contribution in [-0.2, 0) is 9.53 Å². The standard InChI is InChI=1S/C13H20F3NO3/c1-12(2,13(14,15)16)20-11(19)17-10(8-18)9-6-4-3-5-7-9/h8-10H,3-7H2,1-2H3,(H,17,19). The highest BCUT2D eigenvalue weighted by molar-refractivity contribution is 5.73. The topological polar surface area (TPSA) is 55.4 Å². The number of ether oxygens (including phenoxy) is 1. The molecular weight excluding hydrogens is 275 g/mol. The Balaban J connectivity index is 2.57. The number of rotatable bonds is 4. The molecule has 0 aromatic carbocycles. The molecule has 20 heavy (non-hydrogen) atoms. The lowest BCUT2D eigenvalue weighted by molar-refractivity contribution is -0.244. The van der Waals surface area contributed by atoms with Gasteiger partial charge >= 0.3 is 12.3 Å². The van der Waals surface area contributed by atoms with Gasteiger partial charge in [0.1, 0.15) is 6.29 Å². The Labute approximate surface area is 116 Å². The van der Waals surface area contributed by atoms with Crippen molar-refractivity contribution in [3.8, 4) is 0 Å². The second-order valence-corrected chi connectivity index (χ2v) is 5.60. The van der Waals surface area contributed by atoms with Crippen LogP contribution in [-0.4, -0.2) is 30.2 Å². The van der Waals surface area contributed by atoms with Crippen LogP contribution in [0.25, 0.3) is 0 Å². The Morgan fingerprint density at radius 2 is 1.80 bits per heavy atom. The third kappa shape index (κ3) is 4.38. The molecule has 4 nitrogen and oxygen atoms in total. The minimum absolute atomic E-state index is 0.0252. The molecule has 0 aromatic rings. The van der Waals surface area contributed by atoms with Crippen molar-refractivity contribution in [1.29, 1.82) is 0 Å². The van der Waals surface area contributed by atoms with E-state index in [9.17, 15) is 22.8 Å². The van der Waals surface area contributed by atoms with E-state index in [-0.39, 0.29) is 5.92 Å². The average Bonchev–Trinajstić information content (AvgIpc) is 2.35. The van der Waals surface area contributed by atoms with Crippen molar-refractivity contribution in [1.82, 2.24) is 5.32 Å². The number of carbonyl (C=O) groups excluding carboxylic acids is 2.